The number of fused-ring (bicyclic) bond motifs is 1. The van der Waals surface area contributed by atoms with Gasteiger partial charge in [-0.1, -0.05) is 30.3 Å². The average Bonchev–Trinajstić information content (AvgIpc) is 2.95. The molecule has 1 N–H and O–H groups in total. The van der Waals surface area contributed by atoms with Gasteiger partial charge in [-0.2, -0.15) is 5.10 Å². The Bertz CT molecular complexity index is 849. The fourth-order valence-corrected chi connectivity index (χ4v) is 4.29. The molecular formula is C20H23N3OS. The third-order valence-corrected chi connectivity index (χ3v) is 6.11. The number of ether oxygens (including phenoxy) is 1. The molecule has 2 heterocycles. The Morgan fingerprint density at radius 1 is 1.08 bits per heavy atom. The molecule has 4 nitrogen and oxygen atoms in total. The average molecular weight is 353 g/mol. The number of hydrogen-bond acceptors (Lipinski definition) is 4. The minimum atomic E-state index is 0.296. The van der Waals surface area contributed by atoms with Crippen molar-refractivity contribution < 1.29 is 4.74 Å². The van der Waals surface area contributed by atoms with Gasteiger partial charge in [-0.25, -0.2) is 4.31 Å². The molecule has 4 rings (SSSR count). The summed E-state index contributed by atoms with van der Waals surface area (Å²) in [6.07, 6.45) is 2.40. The number of aromatic nitrogens is 2. The Morgan fingerprint density at radius 3 is 2.56 bits per heavy atom. The SMILES string of the molecule is Cc1n[nH]c(C)c1SN1CCC(Oc2ccc3ccccc3c2)CC1. The van der Waals surface area contributed by atoms with Gasteiger partial charge in [0.25, 0.3) is 0 Å². The topological polar surface area (TPSA) is 41.2 Å². The van der Waals surface area contributed by atoms with Gasteiger partial charge in [-0.3, -0.25) is 5.10 Å². The van der Waals surface area contributed by atoms with Crippen LogP contribution in [0.3, 0.4) is 0 Å². The molecule has 0 atom stereocenters. The smallest absolute Gasteiger partial charge is 0.120 e. The van der Waals surface area contributed by atoms with Crippen LogP contribution < -0.4 is 4.74 Å². The first-order chi connectivity index (χ1) is 12.2. The van der Waals surface area contributed by atoms with E-state index in [1.165, 1.54) is 15.7 Å². The number of piperidine rings is 1. The zero-order valence-corrected chi connectivity index (χ0v) is 15.5. The highest BCUT2D eigenvalue weighted by molar-refractivity contribution is 7.97. The summed E-state index contributed by atoms with van der Waals surface area (Å²) in [5.74, 6) is 0.978. The number of rotatable bonds is 4. The van der Waals surface area contributed by atoms with Gasteiger partial charge in [0.2, 0.25) is 0 Å². The molecular weight excluding hydrogens is 330 g/mol. The van der Waals surface area contributed by atoms with Crippen molar-refractivity contribution in [2.24, 2.45) is 0 Å². The second kappa shape index (κ2) is 7.10. The molecule has 1 aromatic heterocycles. The van der Waals surface area contributed by atoms with Gasteiger partial charge in [-0.05, 0) is 61.5 Å². The molecule has 0 spiro atoms. The van der Waals surface area contributed by atoms with E-state index in [1.807, 2.05) is 11.9 Å². The zero-order chi connectivity index (χ0) is 17.2. The van der Waals surface area contributed by atoms with E-state index in [4.69, 9.17) is 4.74 Å². The highest BCUT2D eigenvalue weighted by Crippen LogP contribution is 2.31. The minimum absolute atomic E-state index is 0.296. The van der Waals surface area contributed by atoms with E-state index in [0.717, 1.165) is 43.1 Å². The molecule has 0 aliphatic carbocycles. The second-order valence-corrected chi connectivity index (χ2v) is 7.72. The summed E-state index contributed by atoms with van der Waals surface area (Å²) in [4.78, 5) is 1.26. The van der Waals surface area contributed by atoms with Crippen LogP contribution in [0.4, 0.5) is 0 Å². The molecule has 0 unspecified atom stereocenters. The molecule has 0 amide bonds. The van der Waals surface area contributed by atoms with E-state index in [1.54, 1.807) is 0 Å². The Labute approximate surface area is 152 Å². The van der Waals surface area contributed by atoms with E-state index in [9.17, 15) is 0 Å². The zero-order valence-electron chi connectivity index (χ0n) is 14.7. The summed E-state index contributed by atoms with van der Waals surface area (Å²) in [7, 11) is 0. The Kier molecular flexibility index (Phi) is 4.68. The molecule has 0 saturated carbocycles. The lowest BCUT2D eigenvalue weighted by molar-refractivity contribution is 0.139. The fraction of sp³-hybridized carbons (Fsp3) is 0.350. The van der Waals surface area contributed by atoms with E-state index in [0.29, 0.717) is 6.10 Å². The van der Waals surface area contributed by atoms with Crippen molar-refractivity contribution >= 4 is 22.7 Å². The van der Waals surface area contributed by atoms with E-state index >= 15 is 0 Å². The summed E-state index contributed by atoms with van der Waals surface area (Å²) in [6, 6.07) is 14.8. The van der Waals surface area contributed by atoms with Crippen LogP contribution in [0.5, 0.6) is 5.75 Å². The van der Waals surface area contributed by atoms with Crippen molar-refractivity contribution in [1.82, 2.24) is 14.5 Å². The van der Waals surface area contributed by atoms with Crippen molar-refractivity contribution in [3.8, 4) is 5.75 Å². The summed E-state index contributed by atoms with van der Waals surface area (Å²) in [5, 5.41) is 9.83. The first kappa shape index (κ1) is 16.5. The van der Waals surface area contributed by atoms with Crippen molar-refractivity contribution in [3.63, 3.8) is 0 Å². The molecule has 1 aliphatic heterocycles. The Morgan fingerprint density at radius 2 is 1.84 bits per heavy atom. The molecule has 3 aromatic rings. The van der Waals surface area contributed by atoms with E-state index < -0.39 is 0 Å². The van der Waals surface area contributed by atoms with Crippen molar-refractivity contribution in [1.29, 1.82) is 0 Å². The highest BCUT2D eigenvalue weighted by atomic mass is 32.2. The summed E-state index contributed by atoms with van der Waals surface area (Å²) >= 11 is 1.82. The molecule has 1 saturated heterocycles. The van der Waals surface area contributed by atoms with Gasteiger partial charge in [0.1, 0.15) is 11.9 Å². The van der Waals surface area contributed by atoms with E-state index in [-0.39, 0.29) is 0 Å². The van der Waals surface area contributed by atoms with Crippen LogP contribution in [-0.2, 0) is 0 Å². The molecule has 1 aliphatic rings. The maximum atomic E-state index is 6.24. The van der Waals surface area contributed by atoms with Gasteiger partial charge >= 0.3 is 0 Å². The van der Waals surface area contributed by atoms with Gasteiger partial charge < -0.3 is 4.74 Å². The molecule has 0 radical (unpaired) electrons. The largest absolute Gasteiger partial charge is 0.490 e. The molecule has 2 aromatic carbocycles. The molecule has 25 heavy (non-hydrogen) atoms. The molecule has 0 bridgehead atoms. The first-order valence-corrected chi connectivity index (χ1v) is 9.56. The maximum absolute atomic E-state index is 6.24. The van der Waals surface area contributed by atoms with Crippen LogP contribution >= 0.6 is 11.9 Å². The third kappa shape index (κ3) is 3.67. The van der Waals surface area contributed by atoms with Gasteiger partial charge in [0.05, 0.1) is 10.6 Å². The van der Waals surface area contributed by atoms with Gasteiger partial charge in [-0.15, -0.1) is 0 Å². The summed E-state index contributed by atoms with van der Waals surface area (Å²) < 4.78 is 8.66. The summed E-state index contributed by atoms with van der Waals surface area (Å²) in [5.41, 5.74) is 2.23. The third-order valence-electron chi connectivity index (χ3n) is 4.71. The number of H-pyrrole nitrogens is 1. The maximum Gasteiger partial charge on any atom is 0.120 e. The van der Waals surface area contributed by atoms with Crippen molar-refractivity contribution in [2.75, 3.05) is 13.1 Å². The molecule has 1 fully saturated rings. The van der Waals surface area contributed by atoms with Crippen LogP contribution in [0.2, 0.25) is 0 Å². The number of aromatic amines is 1. The Hall–Kier alpha value is -1.98. The monoisotopic (exact) mass is 353 g/mol. The van der Waals surface area contributed by atoms with Crippen LogP contribution in [0.15, 0.2) is 47.4 Å². The van der Waals surface area contributed by atoms with Crippen molar-refractivity contribution in [2.45, 2.75) is 37.7 Å². The summed E-state index contributed by atoms with van der Waals surface area (Å²) in [6.45, 7) is 6.21. The fourth-order valence-electron chi connectivity index (χ4n) is 3.28. The lowest BCUT2D eigenvalue weighted by atomic mass is 10.1. The number of nitrogens with one attached hydrogen (secondary N) is 1. The lowest BCUT2D eigenvalue weighted by Crippen LogP contribution is -2.34. The van der Waals surface area contributed by atoms with Crippen LogP contribution in [0, 0.1) is 13.8 Å². The van der Waals surface area contributed by atoms with Crippen LogP contribution in [0.1, 0.15) is 24.2 Å². The Balaban J connectivity index is 1.35. The number of hydrogen-bond donors (Lipinski definition) is 1. The van der Waals surface area contributed by atoms with Crippen molar-refractivity contribution in [3.05, 3.63) is 53.9 Å². The molecule has 130 valence electrons. The van der Waals surface area contributed by atoms with Crippen LogP contribution in [-0.4, -0.2) is 33.7 Å². The predicted molar refractivity (Wildman–Crippen MR) is 103 cm³/mol. The number of aryl methyl sites for hydroxylation is 2. The predicted octanol–water partition coefficient (Wildman–Crippen LogP) is 4.73. The quantitative estimate of drug-likeness (QED) is 0.689. The minimum Gasteiger partial charge on any atom is -0.490 e. The second-order valence-electron chi connectivity index (χ2n) is 6.61. The number of benzene rings is 2. The lowest BCUT2D eigenvalue weighted by Gasteiger charge is -2.31. The first-order valence-electron chi connectivity index (χ1n) is 8.79. The van der Waals surface area contributed by atoms with Crippen LogP contribution in [0.25, 0.3) is 10.8 Å². The standard InChI is InChI=1S/C20H23N3OS/c1-14-20(15(2)22-21-14)25-23-11-9-18(10-12-23)24-19-8-7-16-5-3-4-6-17(16)13-19/h3-8,13,18H,9-12H2,1-2H3,(H,21,22). The number of nitrogens with zero attached hydrogens (tertiary/aromatic N) is 2. The van der Waals surface area contributed by atoms with E-state index in [2.05, 4.69) is 70.8 Å². The molecule has 5 heteroatoms. The van der Waals surface area contributed by atoms with Gasteiger partial charge in [0, 0.05) is 18.8 Å². The highest BCUT2D eigenvalue weighted by Gasteiger charge is 2.23. The van der Waals surface area contributed by atoms with Gasteiger partial charge in [0.15, 0.2) is 0 Å². The normalized spacial score (nSPS) is 16.4.